The maximum atomic E-state index is 13.5. The minimum atomic E-state index is -3.89. The fourth-order valence-corrected chi connectivity index (χ4v) is 4.97. The molecule has 0 aliphatic rings. The van der Waals surface area contributed by atoms with E-state index in [1.54, 1.807) is 19.1 Å². The number of hydrogen-bond acceptors (Lipinski definition) is 5. The Morgan fingerprint density at radius 2 is 1.57 bits per heavy atom. The van der Waals surface area contributed by atoms with Gasteiger partial charge in [0.2, 0.25) is 0 Å². The monoisotopic (exact) mass is 544 g/mol. The van der Waals surface area contributed by atoms with Gasteiger partial charge < -0.3 is 15.2 Å². The Balaban J connectivity index is 1.54. The van der Waals surface area contributed by atoms with E-state index in [4.69, 9.17) is 16.3 Å². The van der Waals surface area contributed by atoms with E-state index in [1.165, 1.54) is 54.6 Å². The maximum absolute atomic E-state index is 13.5. The molecule has 0 bridgehead atoms. The van der Waals surface area contributed by atoms with Crippen LogP contribution in [0, 0.1) is 18.6 Å². The number of carboxylic acids is 1. The fourth-order valence-electron chi connectivity index (χ4n) is 3.41. The topological polar surface area (TPSA) is 105 Å². The zero-order valence-electron chi connectivity index (χ0n) is 19.1. The van der Waals surface area contributed by atoms with Crippen molar-refractivity contribution in [3.8, 4) is 11.5 Å². The molecule has 0 saturated heterocycles. The van der Waals surface area contributed by atoms with Gasteiger partial charge in [-0.2, -0.15) is 0 Å². The second kappa shape index (κ2) is 10.5. The summed E-state index contributed by atoms with van der Waals surface area (Å²) in [7, 11) is -3.89. The van der Waals surface area contributed by atoms with Crippen molar-refractivity contribution in [2.45, 2.75) is 11.8 Å². The summed E-state index contributed by atoms with van der Waals surface area (Å²) < 4.78 is 60.5. The summed E-state index contributed by atoms with van der Waals surface area (Å²) in [6.07, 6.45) is 0. The molecule has 0 spiro atoms. The lowest BCUT2D eigenvalue weighted by Gasteiger charge is -2.13. The van der Waals surface area contributed by atoms with Crippen molar-refractivity contribution in [1.29, 1.82) is 0 Å². The molecular formula is C26H19ClF2N2O5S. The van der Waals surface area contributed by atoms with E-state index in [2.05, 4.69) is 10.0 Å². The zero-order valence-corrected chi connectivity index (χ0v) is 20.7. The summed E-state index contributed by atoms with van der Waals surface area (Å²) in [4.78, 5) is 11.6. The van der Waals surface area contributed by atoms with E-state index in [0.29, 0.717) is 16.3 Å². The van der Waals surface area contributed by atoms with Crippen LogP contribution in [0.15, 0.2) is 83.8 Å². The van der Waals surface area contributed by atoms with Gasteiger partial charge in [-0.25, -0.2) is 22.0 Å². The van der Waals surface area contributed by atoms with Gasteiger partial charge in [0.05, 0.1) is 10.5 Å². The second-order valence-corrected chi connectivity index (χ2v) is 9.96. The van der Waals surface area contributed by atoms with E-state index >= 15 is 0 Å². The van der Waals surface area contributed by atoms with Gasteiger partial charge in [0.25, 0.3) is 10.0 Å². The van der Waals surface area contributed by atoms with Crippen LogP contribution in [0.4, 0.5) is 25.8 Å². The molecule has 0 aromatic heterocycles. The van der Waals surface area contributed by atoms with Crippen LogP contribution in [0.2, 0.25) is 5.02 Å². The lowest BCUT2D eigenvalue weighted by atomic mass is 10.1. The molecule has 4 rings (SSSR count). The molecule has 0 amide bonds. The predicted octanol–water partition coefficient (Wildman–Crippen LogP) is 6.96. The number of ether oxygens (including phenoxy) is 1. The van der Waals surface area contributed by atoms with Crippen LogP contribution in [0.3, 0.4) is 0 Å². The first-order valence-corrected chi connectivity index (χ1v) is 12.5. The number of sulfonamides is 1. The van der Waals surface area contributed by atoms with Crippen LogP contribution in [0.25, 0.3) is 0 Å². The Hall–Kier alpha value is -4.15. The van der Waals surface area contributed by atoms with Crippen LogP contribution in [0.1, 0.15) is 15.9 Å². The molecule has 37 heavy (non-hydrogen) atoms. The average molecular weight is 545 g/mol. The van der Waals surface area contributed by atoms with Crippen LogP contribution in [-0.2, 0) is 10.0 Å². The van der Waals surface area contributed by atoms with E-state index in [-0.39, 0.29) is 33.3 Å². The van der Waals surface area contributed by atoms with Crippen LogP contribution in [0.5, 0.6) is 11.5 Å². The number of carboxylic acid groups (broad SMARTS) is 1. The summed E-state index contributed by atoms with van der Waals surface area (Å²) in [6, 6.07) is 17.8. The molecule has 0 saturated carbocycles. The summed E-state index contributed by atoms with van der Waals surface area (Å²) in [5, 5.41) is 12.6. The number of benzene rings is 4. The molecule has 0 heterocycles. The van der Waals surface area contributed by atoms with Gasteiger partial charge in [0, 0.05) is 34.2 Å². The molecule has 0 fully saturated rings. The van der Waals surface area contributed by atoms with Gasteiger partial charge in [0.1, 0.15) is 11.5 Å². The molecule has 4 aromatic carbocycles. The first-order chi connectivity index (χ1) is 17.5. The average Bonchev–Trinajstić information content (AvgIpc) is 2.84. The number of anilines is 3. The zero-order chi connectivity index (χ0) is 26.7. The first kappa shape index (κ1) is 25.9. The smallest absolute Gasteiger partial charge is 0.335 e. The van der Waals surface area contributed by atoms with Crippen molar-refractivity contribution in [3.05, 3.63) is 107 Å². The molecule has 7 nitrogen and oxygen atoms in total. The lowest BCUT2D eigenvalue weighted by Crippen LogP contribution is -2.14. The third kappa shape index (κ3) is 6.16. The highest BCUT2D eigenvalue weighted by molar-refractivity contribution is 7.92. The normalized spacial score (nSPS) is 11.1. The van der Waals surface area contributed by atoms with E-state index in [1.807, 2.05) is 0 Å². The summed E-state index contributed by atoms with van der Waals surface area (Å²) >= 11 is 6.04. The number of rotatable bonds is 8. The highest BCUT2D eigenvalue weighted by Gasteiger charge is 2.18. The molecule has 0 aliphatic carbocycles. The fraction of sp³-hybridized carbons (Fsp3) is 0.0385. The van der Waals surface area contributed by atoms with Gasteiger partial charge in [-0.3, -0.25) is 4.72 Å². The molecule has 0 atom stereocenters. The minimum absolute atomic E-state index is 0.0480. The maximum Gasteiger partial charge on any atom is 0.335 e. The van der Waals surface area contributed by atoms with Crippen molar-refractivity contribution >= 4 is 44.7 Å². The predicted molar refractivity (Wildman–Crippen MR) is 137 cm³/mol. The Morgan fingerprint density at radius 3 is 2.24 bits per heavy atom. The number of carbonyl (C=O) groups is 1. The van der Waals surface area contributed by atoms with Crippen molar-refractivity contribution in [3.63, 3.8) is 0 Å². The number of halogens is 3. The third-order valence-electron chi connectivity index (χ3n) is 5.21. The second-order valence-electron chi connectivity index (χ2n) is 7.90. The Kier molecular flexibility index (Phi) is 7.33. The Labute approximate surface area is 216 Å². The Morgan fingerprint density at radius 1 is 0.865 bits per heavy atom. The summed E-state index contributed by atoms with van der Waals surface area (Å²) in [5.74, 6) is -2.85. The standard InChI is InChI=1S/C26H19ClF2N2O5S/c1-15-22(27)3-2-4-25(15)37(34,35)31-17-5-8-20(9-6-17)36-21-12-16(26(32)33)11-19(13-21)30-18-7-10-23(28)24(29)14-18/h2-14,30-31H,1H3,(H,32,33). The lowest BCUT2D eigenvalue weighted by molar-refractivity contribution is 0.0696. The van der Waals surface area contributed by atoms with Crippen LogP contribution < -0.4 is 14.8 Å². The Bertz CT molecular complexity index is 1600. The van der Waals surface area contributed by atoms with E-state index in [9.17, 15) is 27.1 Å². The molecule has 190 valence electrons. The number of hydrogen-bond donors (Lipinski definition) is 3. The third-order valence-corrected chi connectivity index (χ3v) is 7.15. The molecular weight excluding hydrogens is 526 g/mol. The van der Waals surface area contributed by atoms with E-state index in [0.717, 1.165) is 12.1 Å². The van der Waals surface area contributed by atoms with E-state index < -0.39 is 27.6 Å². The van der Waals surface area contributed by atoms with Gasteiger partial charge in [-0.05, 0) is 73.2 Å². The first-order valence-electron chi connectivity index (χ1n) is 10.7. The molecule has 0 aliphatic heterocycles. The van der Waals surface area contributed by atoms with Crippen molar-refractivity contribution in [2.24, 2.45) is 0 Å². The van der Waals surface area contributed by atoms with Gasteiger partial charge in [-0.1, -0.05) is 17.7 Å². The van der Waals surface area contributed by atoms with Crippen molar-refractivity contribution < 1.29 is 31.8 Å². The molecule has 0 unspecified atom stereocenters. The largest absolute Gasteiger partial charge is 0.478 e. The molecule has 4 aromatic rings. The van der Waals surface area contributed by atoms with Crippen molar-refractivity contribution in [1.82, 2.24) is 0 Å². The minimum Gasteiger partial charge on any atom is -0.478 e. The molecule has 11 heteroatoms. The molecule has 0 radical (unpaired) electrons. The highest BCUT2D eigenvalue weighted by atomic mass is 35.5. The number of aromatic carboxylic acids is 1. The quantitative estimate of drug-likeness (QED) is 0.221. The van der Waals surface area contributed by atoms with Crippen molar-refractivity contribution in [2.75, 3.05) is 10.0 Å². The molecule has 3 N–H and O–H groups in total. The summed E-state index contributed by atoms with van der Waals surface area (Å²) in [5.41, 5.74) is 1.06. The van der Waals surface area contributed by atoms with Gasteiger partial charge in [0.15, 0.2) is 11.6 Å². The number of nitrogens with one attached hydrogen (secondary N) is 2. The van der Waals surface area contributed by atoms with Crippen LogP contribution >= 0.6 is 11.6 Å². The van der Waals surface area contributed by atoms with Crippen LogP contribution in [-0.4, -0.2) is 19.5 Å². The summed E-state index contributed by atoms with van der Waals surface area (Å²) in [6.45, 7) is 1.61. The van der Waals surface area contributed by atoms with Gasteiger partial charge in [-0.15, -0.1) is 0 Å². The SMILES string of the molecule is Cc1c(Cl)cccc1S(=O)(=O)Nc1ccc(Oc2cc(Nc3ccc(F)c(F)c3)cc(C(=O)O)c2)cc1. The highest BCUT2D eigenvalue weighted by Crippen LogP contribution is 2.30. The van der Waals surface area contributed by atoms with Gasteiger partial charge >= 0.3 is 5.97 Å².